The van der Waals surface area contributed by atoms with Crippen LogP contribution in [0.3, 0.4) is 0 Å². The van der Waals surface area contributed by atoms with Crippen molar-refractivity contribution in [3.63, 3.8) is 0 Å². The zero-order chi connectivity index (χ0) is 26.6. The van der Waals surface area contributed by atoms with E-state index >= 15 is 0 Å². The molecule has 0 aliphatic carbocycles. The molecule has 3 aromatic rings. The fourth-order valence-electron chi connectivity index (χ4n) is 5.73. The molecule has 0 saturated carbocycles. The quantitative estimate of drug-likeness (QED) is 0.431. The summed E-state index contributed by atoms with van der Waals surface area (Å²) in [6.07, 6.45) is 11.4. The van der Waals surface area contributed by atoms with Gasteiger partial charge in [0, 0.05) is 38.4 Å². The average molecular weight is 540 g/mol. The van der Waals surface area contributed by atoms with Crippen LogP contribution in [0.4, 0.5) is 14.9 Å². The SMILES string of the molecule is O=C(Nc1cn(C2CCCCO2)nc1-c1nc2cc(OCCN3CCCCC3)c(F)cc2[nH]1)N1CCCCC1. The number of nitrogens with one attached hydrogen (secondary N) is 2. The number of amides is 2. The summed E-state index contributed by atoms with van der Waals surface area (Å²) in [5.41, 5.74) is 2.18. The highest BCUT2D eigenvalue weighted by atomic mass is 19.1. The molecule has 1 atom stereocenters. The number of nitrogens with zero attached hydrogens (tertiary/aromatic N) is 5. The number of rotatable bonds is 7. The number of H-pyrrole nitrogens is 1. The van der Waals surface area contributed by atoms with Gasteiger partial charge in [-0.05, 0) is 64.5 Å². The molecule has 2 N–H and O–H groups in total. The number of aromatic nitrogens is 4. The third-order valence-corrected chi connectivity index (χ3v) is 7.94. The number of hydrogen-bond donors (Lipinski definition) is 2. The van der Waals surface area contributed by atoms with Crippen molar-refractivity contribution < 1.29 is 18.7 Å². The minimum atomic E-state index is -0.434. The monoisotopic (exact) mass is 539 g/mol. The lowest BCUT2D eigenvalue weighted by atomic mass is 10.1. The summed E-state index contributed by atoms with van der Waals surface area (Å²) in [7, 11) is 0. The minimum absolute atomic E-state index is 0.147. The Bertz CT molecular complexity index is 1270. The van der Waals surface area contributed by atoms with E-state index < -0.39 is 5.82 Å². The molecule has 2 aromatic heterocycles. The molecule has 0 radical (unpaired) electrons. The maximum absolute atomic E-state index is 14.9. The highest BCUT2D eigenvalue weighted by molar-refractivity contribution is 5.93. The number of anilines is 1. The van der Waals surface area contributed by atoms with Crippen molar-refractivity contribution in [1.82, 2.24) is 29.5 Å². The molecule has 3 fully saturated rings. The third-order valence-electron chi connectivity index (χ3n) is 7.94. The first-order valence-corrected chi connectivity index (χ1v) is 14.5. The smallest absolute Gasteiger partial charge is 0.321 e. The number of hydrogen-bond acceptors (Lipinski definition) is 6. The second kappa shape index (κ2) is 11.9. The van der Waals surface area contributed by atoms with Crippen LogP contribution in [-0.2, 0) is 4.74 Å². The van der Waals surface area contributed by atoms with Crippen molar-refractivity contribution in [2.75, 3.05) is 51.3 Å². The number of carbonyl (C=O) groups excluding carboxylic acids is 1. The van der Waals surface area contributed by atoms with Crippen LogP contribution in [0.1, 0.15) is 64.0 Å². The van der Waals surface area contributed by atoms with Crippen LogP contribution in [-0.4, -0.2) is 81.5 Å². The molecule has 0 bridgehead atoms. The van der Waals surface area contributed by atoms with Gasteiger partial charge in [-0.3, -0.25) is 4.90 Å². The molecule has 6 rings (SSSR count). The summed E-state index contributed by atoms with van der Waals surface area (Å²) < 4.78 is 28.4. The van der Waals surface area contributed by atoms with E-state index in [0.717, 1.165) is 71.2 Å². The lowest BCUT2D eigenvalue weighted by molar-refractivity contribution is -0.0393. The molecule has 3 saturated heterocycles. The number of benzene rings is 1. The Balaban J connectivity index is 1.24. The predicted octanol–water partition coefficient (Wildman–Crippen LogP) is 5.15. The van der Waals surface area contributed by atoms with Crippen LogP contribution in [0.2, 0.25) is 0 Å². The van der Waals surface area contributed by atoms with Crippen LogP contribution in [0.15, 0.2) is 18.3 Å². The Morgan fingerprint density at radius 1 is 1.08 bits per heavy atom. The molecule has 0 spiro atoms. The topological polar surface area (TPSA) is 101 Å². The standard InChI is InChI=1S/C28H38FN7O3/c29-20-17-21-22(18-24(20)38-16-14-34-10-4-1-5-11-34)31-27(30-21)26-23(32-28(37)35-12-6-2-7-13-35)19-36(33-26)25-9-3-8-15-39-25/h17-19,25H,1-16H2,(H,30,31)(H,32,37). The second-order valence-corrected chi connectivity index (χ2v) is 10.8. The van der Waals surface area contributed by atoms with Gasteiger partial charge in [-0.2, -0.15) is 5.10 Å². The number of carbonyl (C=O) groups is 1. The second-order valence-electron chi connectivity index (χ2n) is 10.8. The number of likely N-dealkylation sites (tertiary alicyclic amines) is 2. The van der Waals surface area contributed by atoms with E-state index in [0.29, 0.717) is 41.5 Å². The maximum Gasteiger partial charge on any atom is 0.321 e. The minimum Gasteiger partial charge on any atom is -0.489 e. The van der Waals surface area contributed by atoms with Gasteiger partial charge in [-0.15, -0.1) is 0 Å². The van der Waals surface area contributed by atoms with E-state index in [1.165, 1.54) is 25.3 Å². The van der Waals surface area contributed by atoms with Crippen LogP contribution in [0.5, 0.6) is 5.75 Å². The van der Waals surface area contributed by atoms with Gasteiger partial charge >= 0.3 is 6.03 Å². The molecule has 2 amide bonds. The normalized spacial score (nSPS) is 20.8. The van der Waals surface area contributed by atoms with E-state index in [1.54, 1.807) is 10.7 Å². The van der Waals surface area contributed by atoms with Crippen LogP contribution < -0.4 is 10.1 Å². The van der Waals surface area contributed by atoms with Gasteiger partial charge in [-0.1, -0.05) is 6.42 Å². The van der Waals surface area contributed by atoms with E-state index in [4.69, 9.17) is 19.6 Å². The fourth-order valence-corrected chi connectivity index (χ4v) is 5.73. The largest absolute Gasteiger partial charge is 0.489 e. The summed E-state index contributed by atoms with van der Waals surface area (Å²) in [5, 5.41) is 7.83. The zero-order valence-corrected chi connectivity index (χ0v) is 22.5. The van der Waals surface area contributed by atoms with Gasteiger partial charge in [-0.25, -0.2) is 18.9 Å². The fraction of sp³-hybridized carbons (Fsp3) is 0.607. The van der Waals surface area contributed by atoms with Crippen molar-refractivity contribution in [2.24, 2.45) is 0 Å². The summed E-state index contributed by atoms with van der Waals surface area (Å²) in [6.45, 7) is 5.52. The summed E-state index contributed by atoms with van der Waals surface area (Å²) in [4.78, 5) is 25.2. The molecule has 39 heavy (non-hydrogen) atoms. The Hall–Kier alpha value is -3.18. The first-order valence-electron chi connectivity index (χ1n) is 14.5. The van der Waals surface area contributed by atoms with Crippen LogP contribution in [0.25, 0.3) is 22.6 Å². The molecular formula is C28H38FN7O3. The molecule has 1 unspecified atom stereocenters. The highest BCUT2D eigenvalue weighted by Crippen LogP contribution is 2.32. The predicted molar refractivity (Wildman–Crippen MR) is 146 cm³/mol. The lowest BCUT2D eigenvalue weighted by Gasteiger charge is -2.26. The van der Waals surface area contributed by atoms with Crippen molar-refractivity contribution in [2.45, 2.75) is 64.0 Å². The molecule has 1 aromatic carbocycles. The molecule has 11 heteroatoms. The van der Waals surface area contributed by atoms with E-state index in [2.05, 4.69) is 15.2 Å². The molecule has 3 aliphatic rings. The number of urea groups is 1. The van der Waals surface area contributed by atoms with Gasteiger partial charge < -0.3 is 24.7 Å². The summed E-state index contributed by atoms with van der Waals surface area (Å²) in [6, 6.07) is 2.90. The van der Waals surface area contributed by atoms with Crippen molar-refractivity contribution in [1.29, 1.82) is 0 Å². The lowest BCUT2D eigenvalue weighted by Crippen LogP contribution is -2.38. The molecule has 210 valence electrons. The molecule has 3 aliphatic heterocycles. The first kappa shape index (κ1) is 26.1. The van der Waals surface area contributed by atoms with Gasteiger partial charge in [0.05, 0.1) is 22.9 Å². The first-order chi connectivity index (χ1) is 19.1. The number of aromatic amines is 1. The van der Waals surface area contributed by atoms with E-state index in [-0.39, 0.29) is 18.0 Å². The zero-order valence-electron chi connectivity index (χ0n) is 22.5. The molecule has 5 heterocycles. The van der Waals surface area contributed by atoms with Crippen molar-refractivity contribution >= 4 is 22.8 Å². The molecular weight excluding hydrogens is 501 g/mol. The number of piperidine rings is 2. The van der Waals surface area contributed by atoms with Crippen LogP contribution in [0, 0.1) is 5.82 Å². The summed E-state index contributed by atoms with van der Waals surface area (Å²) in [5.74, 6) is 0.215. The number of halogens is 1. The number of ether oxygens (including phenoxy) is 2. The third kappa shape index (κ3) is 6.04. The Morgan fingerprint density at radius 2 is 1.87 bits per heavy atom. The number of imidazole rings is 1. The van der Waals surface area contributed by atoms with E-state index in [9.17, 15) is 9.18 Å². The highest BCUT2D eigenvalue weighted by Gasteiger charge is 2.25. The van der Waals surface area contributed by atoms with Gasteiger partial charge in [0.25, 0.3) is 0 Å². The van der Waals surface area contributed by atoms with Crippen molar-refractivity contribution in [3.05, 3.63) is 24.1 Å². The number of fused-ring (bicyclic) bond motifs is 1. The Morgan fingerprint density at radius 3 is 2.64 bits per heavy atom. The van der Waals surface area contributed by atoms with Crippen molar-refractivity contribution in [3.8, 4) is 17.3 Å². The van der Waals surface area contributed by atoms with Gasteiger partial charge in [0.15, 0.2) is 23.1 Å². The molecule has 10 nitrogen and oxygen atoms in total. The summed E-state index contributed by atoms with van der Waals surface area (Å²) >= 11 is 0. The Labute approximate surface area is 227 Å². The average Bonchev–Trinajstić information content (AvgIpc) is 3.58. The van der Waals surface area contributed by atoms with Gasteiger partial charge in [0.1, 0.15) is 12.8 Å². The van der Waals surface area contributed by atoms with Gasteiger partial charge in [0.2, 0.25) is 0 Å². The maximum atomic E-state index is 14.9. The Kier molecular flexibility index (Phi) is 7.96. The van der Waals surface area contributed by atoms with Crippen LogP contribution >= 0.6 is 0 Å². The van der Waals surface area contributed by atoms with E-state index in [1.807, 2.05) is 11.1 Å².